The largest absolute Gasteiger partial charge is 0.353 e. The van der Waals surface area contributed by atoms with Crippen LogP contribution in [0.5, 0.6) is 0 Å². The molecule has 33 heavy (non-hydrogen) atoms. The maximum Gasteiger partial charge on any atom is 0.254 e. The van der Waals surface area contributed by atoms with Crippen LogP contribution in [-0.4, -0.2) is 73.1 Å². The summed E-state index contributed by atoms with van der Waals surface area (Å²) in [6, 6.07) is 7.26. The number of benzene rings is 1. The van der Waals surface area contributed by atoms with E-state index >= 15 is 0 Å². The Bertz CT molecular complexity index is 1120. The number of nitrogens with one attached hydrogen (secondary N) is 1. The zero-order valence-electron chi connectivity index (χ0n) is 19.0. The highest BCUT2D eigenvalue weighted by Gasteiger charge is 2.62. The van der Waals surface area contributed by atoms with Crippen LogP contribution in [0, 0.1) is 16.7 Å². The number of carbonyl (C=O) groups is 2. The van der Waals surface area contributed by atoms with Crippen molar-refractivity contribution < 1.29 is 9.59 Å². The molecule has 0 spiro atoms. The molecule has 2 heterocycles. The van der Waals surface area contributed by atoms with E-state index in [4.69, 9.17) is 17.0 Å². The summed E-state index contributed by atoms with van der Waals surface area (Å²) in [5.74, 6) is 1.75. The Morgan fingerprint density at radius 1 is 1.12 bits per heavy atom. The molecule has 1 N–H and O–H groups in total. The van der Waals surface area contributed by atoms with Gasteiger partial charge in [0.15, 0.2) is 0 Å². The molecule has 2 bridgehead atoms. The predicted octanol–water partition coefficient (Wildman–Crippen LogP) is 3.55. The van der Waals surface area contributed by atoms with Crippen molar-refractivity contribution in [2.45, 2.75) is 19.3 Å². The molecule has 0 unspecified atom stereocenters. The minimum absolute atomic E-state index is 0.0270. The Kier molecular flexibility index (Phi) is 5.40. The van der Waals surface area contributed by atoms with E-state index < -0.39 is 0 Å². The average Bonchev–Trinajstić information content (AvgIpc) is 2.76. The first-order chi connectivity index (χ1) is 15.8. The number of rotatable bonds is 5. The fourth-order valence-electron chi connectivity index (χ4n) is 5.31. The molecule has 3 aliphatic carbocycles. The van der Waals surface area contributed by atoms with Gasteiger partial charge in [0.05, 0.1) is 16.0 Å². The molecular formula is C25H28ClN5O2. The quantitative estimate of drug-likeness (QED) is 0.685. The van der Waals surface area contributed by atoms with E-state index in [0.717, 1.165) is 47.7 Å². The lowest BCUT2D eigenvalue weighted by Gasteiger charge is -2.61. The summed E-state index contributed by atoms with van der Waals surface area (Å²) in [5.41, 5.74) is 2.82. The van der Waals surface area contributed by atoms with Crippen molar-refractivity contribution in [3.05, 3.63) is 46.6 Å². The van der Waals surface area contributed by atoms with Crippen LogP contribution in [0.15, 0.2) is 30.5 Å². The molecule has 0 radical (unpaired) electrons. The lowest BCUT2D eigenvalue weighted by molar-refractivity contribution is -0.177. The summed E-state index contributed by atoms with van der Waals surface area (Å²) < 4.78 is 0. The number of aromatic nitrogens is 1. The third kappa shape index (κ3) is 3.68. The molecule has 1 aliphatic heterocycles. The van der Waals surface area contributed by atoms with Gasteiger partial charge in [0.25, 0.3) is 5.91 Å². The number of hydrogen-bond donors (Lipinski definition) is 1. The van der Waals surface area contributed by atoms with Crippen molar-refractivity contribution in [2.75, 3.05) is 45.2 Å². The van der Waals surface area contributed by atoms with Gasteiger partial charge in [0.1, 0.15) is 5.82 Å². The van der Waals surface area contributed by atoms with Gasteiger partial charge in [0, 0.05) is 63.8 Å². The number of carbonyl (C=O) groups excluding carboxylic acids is 2. The molecule has 4 fully saturated rings. The van der Waals surface area contributed by atoms with Crippen molar-refractivity contribution in [3.8, 4) is 11.1 Å². The van der Waals surface area contributed by atoms with Crippen LogP contribution >= 0.6 is 11.6 Å². The summed E-state index contributed by atoms with van der Waals surface area (Å²) in [6.07, 6.45) is 6.35. The molecule has 172 valence electrons. The first-order valence-electron chi connectivity index (χ1n) is 11.4. The second kappa shape index (κ2) is 8.13. The van der Waals surface area contributed by atoms with E-state index in [9.17, 15) is 9.59 Å². The van der Waals surface area contributed by atoms with E-state index in [0.29, 0.717) is 42.7 Å². The molecule has 2 aromatic rings. The topological polar surface area (TPSA) is 80.6 Å². The molecule has 1 aromatic carbocycles. The van der Waals surface area contributed by atoms with Crippen LogP contribution in [0.2, 0.25) is 5.02 Å². The van der Waals surface area contributed by atoms with Gasteiger partial charge in [0.2, 0.25) is 5.91 Å². The highest BCUT2D eigenvalue weighted by atomic mass is 35.5. The molecule has 1 saturated heterocycles. The smallest absolute Gasteiger partial charge is 0.254 e. The fourth-order valence-corrected chi connectivity index (χ4v) is 5.57. The van der Waals surface area contributed by atoms with E-state index in [1.165, 1.54) is 11.1 Å². The van der Waals surface area contributed by atoms with E-state index in [1.807, 2.05) is 17.0 Å². The summed E-state index contributed by atoms with van der Waals surface area (Å²) in [5, 5.41) is 8.32. The zero-order valence-corrected chi connectivity index (χ0v) is 19.7. The molecule has 6 rings (SSSR count). The molecule has 7 nitrogen and oxygen atoms in total. The van der Waals surface area contributed by atoms with Crippen LogP contribution < -0.4 is 4.90 Å². The number of nitrogens with zero attached hydrogens (tertiary/aromatic N) is 4. The Labute approximate surface area is 198 Å². The van der Waals surface area contributed by atoms with Crippen molar-refractivity contribution in [3.63, 3.8) is 0 Å². The summed E-state index contributed by atoms with van der Waals surface area (Å²) in [6.45, 7) is 2.82. The standard InChI is InChI=1S/C25H28ClN5O2/c1-29(2)23(32)20-4-3-17(10-21(20)26)19-9-18(14-27)22(28-15-19)30-5-7-31(8-6-30)24(33)25-11-16(12-25)13-25/h3-4,9-10,14-16,27H,5-8,11-13H2,1-2H3. The minimum Gasteiger partial charge on any atom is -0.353 e. The van der Waals surface area contributed by atoms with Crippen molar-refractivity contribution in [2.24, 2.45) is 11.3 Å². The van der Waals surface area contributed by atoms with E-state index in [1.54, 1.807) is 32.4 Å². The van der Waals surface area contributed by atoms with E-state index in [-0.39, 0.29) is 11.3 Å². The lowest BCUT2D eigenvalue weighted by atomic mass is 9.44. The van der Waals surface area contributed by atoms with Gasteiger partial charge < -0.3 is 20.1 Å². The van der Waals surface area contributed by atoms with E-state index in [2.05, 4.69) is 9.88 Å². The molecule has 8 heteroatoms. The lowest BCUT2D eigenvalue weighted by Crippen LogP contribution is -2.63. The highest BCUT2D eigenvalue weighted by molar-refractivity contribution is 6.34. The van der Waals surface area contributed by atoms with Crippen molar-refractivity contribution in [1.82, 2.24) is 14.8 Å². The van der Waals surface area contributed by atoms with Crippen LogP contribution in [-0.2, 0) is 4.79 Å². The number of hydrogen-bond acceptors (Lipinski definition) is 5. The van der Waals surface area contributed by atoms with Gasteiger partial charge in [-0.3, -0.25) is 9.59 Å². The normalized spacial score (nSPS) is 23.4. The first-order valence-corrected chi connectivity index (χ1v) is 11.8. The SMILES string of the molecule is CN(C)C(=O)c1ccc(-c2cnc(N3CCN(C(=O)C45CC(C4)C5)CC3)c(C=N)c2)cc1Cl. The number of piperazine rings is 1. The summed E-state index contributed by atoms with van der Waals surface area (Å²) in [4.78, 5) is 35.4. The van der Waals surface area contributed by atoms with Gasteiger partial charge in [-0.25, -0.2) is 4.98 Å². The predicted molar refractivity (Wildman–Crippen MR) is 129 cm³/mol. The monoisotopic (exact) mass is 465 g/mol. The number of anilines is 1. The molecule has 2 amide bonds. The average molecular weight is 466 g/mol. The number of pyridine rings is 1. The maximum absolute atomic E-state index is 12.9. The van der Waals surface area contributed by atoms with Crippen molar-refractivity contribution >= 4 is 35.4 Å². The zero-order chi connectivity index (χ0) is 23.3. The minimum atomic E-state index is -0.146. The van der Waals surface area contributed by atoms with Crippen LogP contribution in [0.3, 0.4) is 0 Å². The van der Waals surface area contributed by atoms with Crippen LogP contribution in [0.1, 0.15) is 35.2 Å². The number of amides is 2. The van der Waals surface area contributed by atoms with Crippen molar-refractivity contribution in [1.29, 1.82) is 5.41 Å². The molecule has 1 aromatic heterocycles. The molecular weight excluding hydrogens is 438 g/mol. The Hall–Kier alpha value is -2.93. The number of halogens is 1. The fraction of sp³-hybridized carbons (Fsp3) is 0.440. The van der Waals surface area contributed by atoms with Gasteiger partial charge in [-0.15, -0.1) is 0 Å². The Morgan fingerprint density at radius 3 is 2.36 bits per heavy atom. The third-order valence-electron chi connectivity index (χ3n) is 7.35. The van der Waals surface area contributed by atoms with Crippen LogP contribution in [0.25, 0.3) is 11.1 Å². The van der Waals surface area contributed by atoms with Gasteiger partial charge in [-0.1, -0.05) is 17.7 Å². The molecule has 4 aliphatic rings. The Morgan fingerprint density at radius 2 is 1.82 bits per heavy atom. The van der Waals surface area contributed by atoms with Gasteiger partial charge >= 0.3 is 0 Å². The molecule has 0 atom stereocenters. The second-order valence-corrected chi connectivity index (χ2v) is 10.1. The summed E-state index contributed by atoms with van der Waals surface area (Å²) >= 11 is 6.38. The van der Waals surface area contributed by atoms with Crippen LogP contribution in [0.4, 0.5) is 5.82 Å². The third-order valence-corrected chi connectivity index (χ3v) is 7.66. The second-order valence-electron chi connectivity index (χ2n) is 9.71. The Balaban J connectivity index is 1.31. The molecule has 3 saturated carbocycles. The maximum atomic E-state index is 12.9. The van der Waals surface area contributed by atoms with Gasteiger partial charge in [-0.05, 0) is 48.9 Å². The van der Waals surface area contributed by atoms with Gasteiger partial charge in [-0.2, -0.15) is 0 Å². The first kappa shape index (κ1) is 21.9. The summed E-state index contributed by atoms with van der Waals surface area (Å²) in [7, 11) is 3.38. The highest BCUT2D eigenvalue weighted by Crippen LogP contribution is 2.65.